The quantitative estimate of drug-likeness (QED) is 0.874. The van der Waals surface area contributed by atoms with Crippen molar-refractivity contribution in [2.75, 3.05) is 20.6 Å². The van der Waals surface area contributed by atoms with Crippen LogP contribution < -0.4 is 10.7 Å². The molecule has 0 spiro atoms. The summed E-state index contributed by atoms with van der Waals surface area (Å²) < 4.78 is 1.77. The summed E-state index contributed by atoms with van der Waals surface area (Å²) in [7, 11) is 5.70. The minimum Gasteiger partial charge on any atom is -0.354 e. The number of aryl methyl sites for hydroxylation is 2. The SMILES string of the molecule is Cc1cc(=O)c(C(=O)NC(C)(C)CN(C)C)cn1C. The van der Waals surface area contributed by atoms with Gasteiger partial charge in [0, 0.05) is 37.1 Å². The van der Waals surface area contributed by atoms with Crippen LogP contribution in [0.4, 0.5) is 0 Å². The van der Waals surface area contributed by atoms with Crippen LogP contribution in [0.25, 0.3) is 0 Å². The van der Waals surface area contributed by atoms with Gasteiger partial charge in [0.2, 0.25) is 0 Å². The number of hydrogen-bond acceptors (Lipinski definition) is 3. The first-order valence-corrected chi connectivity index (χ1v) is 6.27. The number of rotatable bonds is 4. The summed E-state index contributed by atoms with van der Waals surface area (Å²) in [5.74, 6) is -0.326. The summed E-state index contributed by atoms with van der Waals surface area (Å²) in [6, 6.07) is 1.48. The molecule has 1 aromatic rings. The predicted molar refractivity (Wildman–Crippen MR) is 76.5 cm³/mol. The van der Waals surface area contributed by atoms with Crippen molar-refractivity contribution in [2.45, 2.75) is 26.3 Å². The van der Waals surface area contributed by atoms with Crippen LogP contribution in [-0.4, -0.2) is 41.6 Å². The van der Waals surface area contributed by atoms with Gasteiger partial charge < -0.3 is 14.8 Å². The van der Waals surface area contributed by atoms with Gasteiger partial charge in [0.1, 0.15) is 5.56 Å². The molecule has 0 radical (unpaired) electrons. The summed E-state index contributed by atoms with van der Waals surface area (Å²) in [5.41, 5.74) is 0.374. The maximum Gasteiger partial charge on any atom is 0.257 e. The minimum atomic E-state index is -0.392. The molecule has 0 fully saturated rings. The number of carbonyl (C=O) groups excluding carboxylic acids is 1. The second-order valence-electron chi connectivity index (χ2n) is 5.88. The number of amides is 1. The average Bonchev–Trinajstić information content (AvgIpc) is 2.20. The summed E-state index contributed by atoms with van der Waals surface area (Å²) in [6.45, 7) is 6.40. The molecule has 1 amide bonds. The van der Waals surface area contributed by atoms with Gasteiger partial charge in [0.15, 0.2) is 5.43 Å². The lowest BCUT2D eigenvalue weighted by Crippen LogP contribution is -2.50. The lowest BCUT2D eigenvalue weighted by atomic mass is 10.0. The van der Waals surface area contributed by atoms with Crippen molar-refractivity contribution in [1.82, 2.24) is 14.8 Å². The Balaban J connectivity index is 2.96. The highest BCUT2D eigenvalue weighted by Crippen LogP contribution is 2.05. The van der Waals surface area contributed by atoms with E-state index in [0.717, 1.165) is 5.69 Å². The molecule has 0 aliphatic carbocycles. The van der Waals surface area contributed by atoms with Crippen molar-refractivity contribution in [2.24, 2.45) is 7.05 Å². The normalized spacial score (nSPS) is 11.7. The molecule has 1 aromatic heterocycles. The number of nitrogens with zero attached hydrogens (tertiary/aromatic N) is 2. The number of likely N-dealkylation sites (N-methyl/N-ethyl adjacent to an activating group) is 1. The van der Waals surface area contributed by atoms with E-state index in [0.29, 0.717) is 6.54 Å². The van der Waals surface area contributed by atoms with Gasteiger partial charge in [-0.05, 0) is 34.9 Å². The molecular weight excluding hydrogens is 242 g/mol. The van der Waals surface area contributed by atoms with Crippen molar-refractivity contribution < 1.29 is 4.79 Å². The highest BCUT2D eigenvalue weighted by Gasteiger charge is 2.23. The molecule has 1 rings (SSSR count). The van der Waals surface area contributed by atoms with E-state index in [9.17, 15) is 9.59 Å². The lowest BCUT2D eigenvalue weighted by Gasteiger charge is -2.29. The first kappa shape index (κ1) is 15.4. The molecule has 0 aromatic carbocycles. The van der Waals surface area contributed by atoms with Crippen LogP contribution in [0.5, 0.6) is 0 Å². The molecular formula is C14H23N3O2. The molecule has 0 aliphatic heterocycles. The molecule has 0 bridgehead atoms. The van der Waals surface area contributed by atoms with Gasteiger partial charge in [-0.2, -0.15) is 0 Å². The number of nitrogens with one attached hydrogen (secondary N) is 1. The number of hydrogen-bond donors (Lipinski definition) is 1. The van der Waals surface area contributed by atoms with Gasteiger partial charge in [-0.15, -0.1) is 0 Å². The smallest absolute Gasteiger partial charge is 0.257 e. The van der Waals surface area contributed by atoms with Crippen LogP contribution in [0.1, 0.15) is 29.9 Å². The van der Waals surface area contributed by atoms with Gasteiger partial charge in [-0.3, -0.25) is 9.59 Å². The van der Waals surface area contributed by atoms with Crippen molar-refractivity contribution in [3.05, 3.63) is 33.7 Å². The number of carbonyl (C=O) groups is 1. The van der Waals surface area contributed by atoms with E-state index in [1.165, 1.54) is 6.07 Å². The van der Waals surface area contributed by atoms with Gasteiger partial charge in [-0.1, -0.05) is 0 Å². The van der Waals surface area contributed by atoms with Gasteiger partial charge in [0.05, 0.1) is 0 Å². The first-order valence-electron chi connectivity index (χ1n) is 6.27. The Morgan fingerprint density at radius 3 is 2.53 bits per heavy atom. The van der Waals surface area contributed by atoms with Crippen LogP contribution in [0.15, 0.2) is 17.1 Å². The van der Waals surface area contributed by atoms with Gasteiger partial charge >= 0.3 is 0 Å². The highest BCUT2D eigenvalue weighted by molar-refractivity contribution is 5.94. The Labute approximate surface area is 114 Å². The topological polar surface area (TPSA) is 54.3 Å². The van der Waals surface area contributed by atoms with Crippen LogP contribution in [-0.2, 0) is 7.05 Å². The second-order valence-corrected chi connectivity index (χ2v) is 5.88. The molecule has 0 saturated heterocycles. The Morgan fingerprint density at radius 1 is 1.42 bits per heavy atom. The zero-order valence-corrected chi connectivity index (χ0v) is 12.6. The van der Waals surface area contributed by atoms with Crippen LogP contribution in [0, 0.1) is 6.92 Å². The molecule has 5 nitrogen and oxygen atoms in total. The van der Waals surface area contributed by atoms with E-state index in [1.807, 2.05) is 46.8 Å². The monoisotopic (exact) mass is 265 g/mol. The molecule has 0 atom stereocenters. The second kappa shape index (κ2) is 5.57. The molecule has 1 heterocycles. The van der Waals surface area contributed by atoms with Gasteiger partial charge in [0.25, 0.3) is 5.91 Å². The summed E-state index contributed by atoms with van der Waals surface area (Å²) >= 11 is 0. The lowest BCUT2D eigenvalue weighted by molar-refractivity contribution is 0.0897. The standard InChI is InChI=1S/C14H23N3O2/c1-10-7-12(18)11(8-17(10)6)13(19)15-14(2,3)9-16(4)5/h7-8H,9H2,1-6H3,(H,15,19). The summed E-state index contributed by atoms with van der Waals surface area (Å²) in [6.07, 6.45) is 1.58. The van der Waals surface area contributed by atoms with Crippen molar-refractivity contribution >= 4 is 5.91 Å². The molecule has 19 heavy (non-hydrogen) atoms. The predicted octanol–water partition coefficient (Wildman–Crippen LogP) is 0.764. The van der Waals surface area contributed by atoms with Crippen LogP contribution in [0.2, 0.25) is 0 Å². The zero-order valence-electron chi connectivity index (χ0n) is 12.6. The maximum absolute atomic E-state index is 12.2. The fourth-order valence-electron chi connectivity index (χ4n) is 2.10. The number of aromatic nitrogens is 1. The molecule has 1 N–H and O–H groups in total. The molecule has 106 valence electrons. The maximum atomic E-state index is 12.2. The molecule has 0 saturated carbocycles. The van der Waals surface area contributed by atoms with Crippen molar-refractivity contribution in [1.29, 1.82) is 0 Å². The minimum absolute atomic E-state index is 0.180. The van der Waals surface area contributed by atoms with E-state index in [-0.39, 0.29) is 16.9 Å². The fourth-order valence-corrected chi connectivity index (χ4v) is 2.10. The van der Waals surface area contributed by atoms with Crippen molar-refractivity contribution in [3.63, 3.8) is 0 Å². The Morgan fingerprint density at radius 2 is 2.00 bits per heavy atom. The Bertz CT molecular complexity index is 530. The van der Waals surface area contributed by atoms with E-state index < -0.39 is 5.54 Å². The van der Waals surface area contributed by atoms with Gasteiger partial charge in [-0.25, -0.2) is 0 Å². The molecule has 0 aliphatic rings. The zero-order chi connectivity index (χ0) is 14.8. The molecule has 0 unspecified atom stereocenters. The third kappa shape index (κ3) is 4.21. The summed E-state index contributed by atoms with van der Waals surface area (Å²) in [5, 5.41) is 2.90. The van der Waals surface area contributed by atoms with E-state index >= 15 is 0 Å². The Kier molecular flexibility index (Phi) is 4.52. The fraction of sp³-hybridized carbons (Fsp3) is 0.571. The molecule has 5 heteroatoms. The van der Waals surface area contributed by atoms with E-state index in [4.69, 9.17) is 0 Å². The van der Waals surface area contributed by atoms with Crippen LogP contribution >= 0.6 is 0 Å². The first-order chi connectivity index (χ1) is 8.62. The third-order valence-corrected chi connectivity index (χ3v) is 2.89. The highest BCUT2D eigenvalue weighted by atomic mass is 16.2. The van der Waals surface area contributed by atoms with E-state index in [2.05, 4.69) is 5.32 Å². The average molecular weight is 265 g/mol. The van der Waals surface area contributed by atoms with Crippen LogP contribution in [0.3, 0.4) is 0 Å². The number of pyridine rings is 1. The van der Waals surface area contributed by atoms with E-state index in [1.54, 1.807) is 10.8 Å². The third-order valence-electron chi connectivity index (χ3n) is 2.89. The summed E-state index contributed by atoms with van der Waals surface area (Å²) in [4.78, 5) is 26.0. The largest absolute Gasteiger partial charge is 0.354 e. The Hall–Kier alpha value is -1.62. The van der Waals surface area contributed by atoms with Crippen molar-refractivity contribution in [3.8, 4) is 0 Å².